The van der Waals surface area contributed by atoms with Gasteiger partial charge in [-0.25, -0.2) is 4.79 Å². The van der Waals surface area contributed by atoms with Gasteiger partial charge < -0.3 is 15.4 Å². The van der Waals surface area contributed by atoms with E-state index in [2.05, 4.69) is 10.6 Å². The fourth-order valence-corrected chi connectivity index (χ4v) is 2.18. The molecule has 2 aromatic carbocycles. The SMILES string of the molecule is CNC(=O)Nc1cc(C)c(Oc2ccc(Cl)cc2)c(Cl)c1. The van der Waals surface area contributed by atoms with E-state index >= 15 is 0 Å². The van der Waals surface area contributed by atoms with Crippen molar-refractivity contribution in [2.24, 2.45) is 0 Å². The maximum atomic E-state index is 11.3. The molecule has 0 heterocycles. The average molecular weight is 325 g/mol. The minimum atomic E-state index is -0.308. The minimum Gasteiger partial charge on any atom is -0.456 e. The van der Waals surface area contributed by atoms with Crippen molar-refractivity contribution in [3.05, 3.63) is 52.0 Å². The van der Waals surface area contributed by atoms with Gasteiger partial charge in [0.05, 0.1) is 5.02 Å². The lowest BCUT2D eigenvalue weighted by Gasteiger charge is -2.13. The molecular formula is C15H14Cl2N2O2. The van der Waals surface area contributed by atoms with Crippen LogP contribution in [0.5, 0.6) is 11.5 Å². The Hall–Kier alpha value is -1.91. The minimum absolute atomic E-state index is 0.308. The van der Waals surface area contributed by atoms with Gasteiger partial charge in [-0.05, 0) is 48.9 Å². The third-order valence-electron chi connectivity index (χ3n) is 2.75. The predicted molar refractivity (Wildman–Crippen MR) is 85.8 cm³/mol. The molecule has 0 aliphatic rings. The second-order valence-corrected chi connectivity index (χ2v) is 5.21. The molecule has 0 saturated carbocycles. The van der Waals surface area contributed by atoms with E-state index in [1.165, 1.54) is 0 Å². The lowest BCUT2D eigenvalue weighted by Crippen LogP contribution is -2.24. The topological polar surface area (TPSA) is 50.4 Å². The second kappa shape index (κ2) is 6.70. The number of anilines is 1. The van der Waals surface area contributed by atoms with Crippen LogP contribution in [0.15, 0.2) is 36.4 Å². The van der Waals surface area contributed by atoms with Crippen LogP contribution in [-0.4, -0.2) is 13.1 Å². The highest BCUT2D eigenvalue weighted by Crippen LogP contribution is 2.35. The molecule has 0 bridgehead atoms. The van der Waals surface area contributed by atoms with E-state index in [0.717, 1.165) is 5.56 Å². The Morgan fingerprint density at radius 3 is 2.38 bits per heavy atom. The Labute approximate surface area is 133 Å². The molecule has 0 unspecified atom stereocenters. The first kappa shape index (κ1) is 15.5. The Balaban J connectivity index is 2.24. The molecule has 110 valence electrons. The number of halogens is 2. The van der Waals surface area contributed by atoms with Crippen LogP contribution in [0.1, 0.15) is 5.56 Å². The number of aryl methyl sites for hydroxylation is 1. The normalized spacial score (nSPS) is 10.1. The lowest BCUT2D eigenvalue weighted by atomic mass is 10.2. The van der Waals surface area contributed by atoms with Crippen LogP contribution in [-0.2, 0) is 0 Å². The molecule has 2 amide bonds. The van der Waals surface area contributed by atoms with Gasteiger partial charge in [-0.3, -0.25) is 0 Å². The number of hydrogen-bond donors (Lipinski definition) is 2. The monoisotopic (exact) mass is 324 g/mol. The van der Waals surface area contributed by atoms with Crippen molar-refractivity contribution in [3.63, 3.8) is 0 Å². The van der Waals surface area contributed by atoms with E-state index < -0.39 is 0 Å². The van der Waals surface area contributed by atoms with Gasteiger partial charge in [0.2, 0.25) is 0 Å². The summed E-state index contributed by atoms with van der Waals surface area (Å²) in [6.07, 6.45) is 0. The summed E-state index contributed by atoms with van der Waals surface area (Å²) in [5.74, 6) is 1.18. The predicted octanol–water partition coefficient (Wildman–Crippen LogP) is 4.85. The van der Waals surface area contributed by atoms with E-state index in [4.69, 9.17) is 27.9 Å². The van der Waals surface area contributed by atoms with Crippen LogP contribution in [0.4, 0.5) is 10.5 Å². The molecule has 0 aliphatic carbocycles. The summed E-state index contributed by atoms with van der Waals surface area (Å²) in [4.78, 5) is 11.3. The first-order chi connectivity index (χ1) is 9.99. The zero-order valence-corrected chi connectivity index (χ0v) is 13.0. The van der Waals surface area contributed by atoms with Gasteiger partial charge in [0.1, 0.15) is 11.5 Å². The number of nitrogens with one attached hydrogen (secondary N) is 2. The Bertz CT molecular complexity index is 634. The molecule has 0 spiro atoms. The molecule has 6 heteroatoms. The standard InChI is InChI=1S/C15H14Cl2N2O2/c1-9-7-11(19-15(20)18-2)8-13(17)14(9)21-12-5-3-10(16)4-6-12/h3-8H,1-2H3,(H2,18,19,20). The number of ether oxygens (including phenoxy) is 1. The number of carbonyl (C=O) groups is 1. The molecule has 4 nitrogen and oxygen atoms in total. The number of rotatable bonds is 3. The number of carbonyl (C=O) groups excluding carboxylic acids is 1. The highest BCUT2D eigenvalue weighted by molar-refractivity contribution is 6.32. The van der Waals surface area contributed by atoms with Gasteiger partial charge in [-0.1, -0.05) is 23.2 Å². The Kier molecular flexibility index (Phi) is 4.94. The maximum Gasteiger partial charge on any atom is 0.318 e. The summed E-state index contributed by atoms with van der Waals surface area (Å²) in [6, 6.07) is 10.1. The van der Waals surface area contributed by atoms with Crippen molar-refractivity contribution in [2.45, 2.75) is 6.92 Å². The Morgan fingerprint density at radius 1 is 1.14 bits per heavy atom. The molecule has 0 aromatic heterocycles. The molecule has 0 aliphatic heterocycles. The maximum absolute atomic E-state index is 11.3. The van der Waals surface area contributed by atoms with Gasteiger partial charge in [-0.2, -0.15) is 0 Å². The van der Waals surface area contributed by atoms with Crippen molar-refractivity contribution < 1.29 is 9.53 Å². The van der Waals surface area contributed by atoms with E-state index in [0.29, 0.717) is 27.2 Å². The summed E-state index contributed by atoms with van der Waals surface area (Å²) in [7, 11) is 1.54. The zero-order valence-electron chi connectivity index (χ0n) is 11.5. The second-order valence-electron chi connectivity index (χ2n) is 4.36. The molecular weight excluding hydrogens is 311 g/mol. The first-order valence-electron chi connectivity index (χ1n) is 6.22. The summed E-state index contributed by atoms with van der Waals surface area (Å²) in [5.41, 5.74) is 1.41. The fourth-order valence-electron chi connectivity index (χ4n) is 1.75. The van der Waals surface area contributed by atoms with Crippen LogP contribution in [0, 0.1) is 6.92 Å². The summed E-state index contributed by atoms with van der Waals surface area (Å²) in [5, 5.41) is 6.19. The van der Waals surface area contributed by atoms with Crippen LogP contribution in [0.25, 0.3) is 0 Å². The summed E-state index contributed by atoms with van der Waals surface area (Å²) < 4.78 is 5.76. The molecule has 2 N–H and O–H groups in total. The molecule has 0 saturated heterocycles. The summed E-state index contributed by atoms with van der Waals surface area (Å²) >= 11 is 12.1. The number of amides is 2. The van der Waals surface area contributed by atoms with E-state index in [-0.39, 0.29) is 6.03 Å². The highest BCUT2D eigenvalue weighted by Gasteiger charge is 2.10. The number of benzene rings is 2. The van der Waals surface area contributed by atoms with Crippen molar-refractivity contribution in [1.29, 1.82) is 0 Å². The average Bonchev–Trinajstić information content (AvgIpc) is 2.44. The largest absolute Gasteiger partial charge is 0.456 e. The molecule has 21 heavy (non-hydrogen) atoms. The fraction of sp³-hybridized carbons (Fsp3) is 0.133. The van der Waals surface area contributed by atoms with Gasteiger partial charge in [-0.15, -0.1) is 0 Å². The number of hydrogen-bond acceptors (Lipinski definition) is 2. The third-order valence-corrected chi connectivity index (χ3v) is 3.28. The summed E-state index contributed by atoms with van der Waals surface area (Å²) in [6.45, 7) is 1.85. The molecule has 0 fully saturated rings. The number of urea groups is 1. The Morgan fingerprint density at radius 2 is 1.81 bits per heavy atom. The zero-order chi connectivity index (χ0) is 15.4. The van der Waals surface area contributed by atoms with Crippen molar-refractivity contribution in [2.75, 3.05) is 12.4 Å². The van der Waals surface area contributed by atoms with E-state index in [9.17, 15) is 4.79 Å². The quantitative estimate of drug-likeness (QED) is 0.848. The third kappa shape index (κ3) is 4.03. The molecule has 2 rings (SSSR count). The van der Waals surface area contributed by atoms with E-state index in [1.807, 2.05) is 6.92 Å². The van der Waals surface area contributed by atoms with Crippen molar-refractivity contribution in [1.82, 2.24) is 5.32 Å². The van der Waals surface area contributed by atoms with Crippen LogP contribution in [0.2, 0.25) is 10.0 Å². The molecule has 2 aromatic rings. The van der Waals surface area contributed by atoms with E-state index in [1.54, 1.807) is 43.4 Å². The van der Waals surface area contributed by atoms with Gasteiger partial charge in [0.15, 0.2) is 0 Å². The first-order valence-corrected chi connectivity index (χ1v) is 6.97. The molecule has 0 atom stereocenters. The van der Waals surface area contributed by atoms with Crippen molar-refractivity contribution >= 4 is 34.9 Å². The van der Waals surface area contributed by atoms with Gasteiger partial charge in [0, 0.05) is 17.8 Å². The lowest BCUT2D eigenvalue weighted by molar-refractivity contribution is 0.254. The highest BCUT2D eigenvalue weighted by atomic mass is 35.5. The van der Waals surface area contributed by atoms with Gasteiger partial charge in [0.25, 0.3) is 0 Å². The smallest absolute Gasteiger partial charge is 0.318 e. The van der Waals surface area contributed by atoms with Crippen LogP contribution in [0.3, 0.4) is 0 Å². The van der Waals surface area contributed by atoms with Crippen LogP contribution < -0.4 is 15.4 Å². The van der Waals surface area contributed by atoms with Crippen LogP contribution >= 0.6 is 23.2 Å². The molecule has 0 radical (unpaired) electrons. The van der Waals surface area contributed by atoms with Gasteiger partial charge >= 0.3 is 6.03 Å². The van der Waals surface area contributed by atoms with Crippen molar-refractivity contribution in [3.8, 4) is 11.5 Å².